The molecule has 0 saturated carbocycles. The molecule has 0 bridgehead atoms. The molecule has 0 radical (unpaired) electrons. The lowest BCUT2D eigenvalue weighted by atomic mass is 10.1. The summed E-state index contributed by atoms with van der Waals surface area (Å²) in [5.41, 5.74) is -0.0245. The Hall–Kier alpha value is -0.640. The van der Waals surface area contributed by atoms with E-state index < -0.39 is 11.6 Å². The average molecular weight is 292 g/mol. The second-order valence-electron chi connectivity index (χ2n) is 3.78. The lowest BCUT2D eigenvalue weighted by molar-refractivity contribution is 0.566. The number of anilines is 1. The molecule has 0 aliphatic rings. The molecule has 0 aromatic heterocycles. The molecule has 1 N–H and O–H groups in total. The summed E-state index contributed by atoms with van der Waals surface area (Å²) in [6.45, 7) is 4.06. The monoisotopic (exact) mass is 291 g/mol. The van der Waals surface area contributed by atoms with Crippen LogP contribution in [0.4, 0.5) is 14.5 Å². The predicted octanol–water partition coefficient (Wildman–Crippen LogP) is 4.72. The summed E-state index contributed by atoms with van der Waals surface area (Å²) >= 11 is 3.05. The van der Waals surface area contributed by atoms with Crippen LogP contribution < -0.4 is 5.32 Å². The molecule has 1 unspecified atom stereocenters. The van der Waals surface area contributed by atoms with E-state index in [4.69, 9.17) is 0 Å². The van der Waals surface area contributed by atoms with Gasteiger partial charge in [0.25, 0.3) is 0 Å². The van der Waals surface area contributed by atoms with Crippen LogP contribution in [0.5, 0.6) is 0 Å². The third kappa shape index (κ3) is 3.44. The molecule has 0 saturated heterocycles. The number of hydrogen-bond donors (Lipinski definition) is 1. The Kier molecular flexibility index (Phi) is 5.19. The van der Waals surface area contributed by atoms with Gasteiger partial charge in [0.1, 0.15) is 17.3 Å². The second-order valence-corrected chi connectivity index (χ2v) is 4.70. The lowest BCUT2D eigenvalue weighted by Gasteiger charge is -2.18. The average Bonchev–Trinajstić information content (AvgIpc) is 2.21. The van der Waals surface area contributed by atoms with Crippen molar-refractivity contribution in [2.75, 3.05) is 5.32 Å². The standard InChI is InChI=1S/C12H16BrF2N/c1-3-5-9(4-2)16-12-10(14)6-8(13)7-11(12)15/h6-7,9,16H,3-5H2,1-2H3. The zero-order valence-electron chi connectivity index (χ0n) is 9.49. The van der Waals surface area contributed by atoms with Gasteiger partial charge < -0.3 is 5.32 Å². The van der Waals surface area contributed by atoms with Crippen LogP contribution in [0.15, 0.2) is 16.6 Å². The number of hydrogen-bond acceptors (Lipinski definition) is 1. The first kappa shape index (κ1) is 13.4. The highest BCUT2D eigenvalue weighted by Crippen LogP contribution is 2.25. The van der Waals surface area contributed by atoms with E-state index in [-0.39, 0.29) is 11.7 Å². The highest BCUT2D eigenvalue weighted by atomic mass is 79.9. The van der Waals surface area contributed by atoms with E-state index >= 15 is 0 Å². The fraction of sp³-hybridized carbons (Fsp3) is 0.500. The van der Waals surface area contributed by atoms with Gasteiger partial charge in [-0.1, -0.05) is 36.2 Å². The van der Waals surface area contributed by atoms with Crippen molar-refractivity contribution < 1.29 is 8.78 Å². The minimum absolute atomic E-state index is 0.0245. The van der Waals surface area contributed by atoms with Gasteiger partial charge in [-0.2, -0.15) is 0 Å². The van der Waals surface area contributed by atoms with E-state index in [0.29, 0.717) is 4.47 Å². The van der Waals surface area contributed by atoms with Crippen molar-refractivity contribution in [3.05, 3.63) is 28.2 Å². The zero-order valence-corrected chi connectivity index (χ0v) is 11.1. The van der Waals surface area contributed by atoms with Gasteiger partial charge in [-0.3, -0.25) is 0 Å². The van der Waals surface area contributed by atoms with Crippen molar-refractivity contribution in [2.45, 2.75) is 39.2 Å². The Morgan fingerprint density at radius 1 is 1.25 bits per heavy atom. The van der Waals surface area contributed by atoms with Crippen LogP contribution in [0.1, 0.15) is 33.1 Å². The fourth-order valence-electron chi connectivity index (χ4n) is 1.61. The third-order valence-electron chi connectivity index (χ3n) is 2.49. The smallest absolute Gasteiger partial charge is 0.150 e. The van der Waals surface area contributed by atoms with Gasteiger partial charge in [-0.05, 0) is 25.0 Å². The van der Waals surface area contributed by atoms with Crippen LogP contribution in [-0.4, -0.2) is 6.04 Å². The summed E-state index contributed by atoms with van der Waals surface area (Å²) in [6.07, 6.45) is 2.75. The maximum Gasteiger partial charge on any atom is 0.150 e. The topological polar surface area (TPSA) is 12.0 Å². The number of benzene rings is 1. The molecule has 90 valence electrons. The summed E-state index contributed by atoms with van der Waals surface area (Å²) in [5.74, 6) is -1.11. The summed E-state index contributed by atoms with van der Waals surface area (Å²) < 4.78 is 27.4. The van der Waals surface area contributed by atoms with Gasteiger partial charge >= 0.3 is 0 Å². The van der Waals surface area contributed by atoms with Gasteiger partial charge in [0.05, 0.1) is 0 Å². The summed E-state index contributed by atoms with van der Waals surface area (Å²) in [4.78, 5) is 0. The largest absolute Gasteiger partial charge is 0.378 e. The summed E-state index contributed by atoms with van der Waals surface area (Å²) in [7, 11) is 0. The second kappa shape index (κ2) is 6.18. The van der Waals surface area contributed by atoms with Crippen LogP contribution in [0.3, 0.4) is 0 Å². The minimum atomic E-state index is -0.554. The van der Waals surface area contributed by atoms with Crippen molar-refractivity contribution >= 4 is 21.6 Å². The molecule has 0 aliphatic carbocycles. The molecule has 0 spiro atoms. The number of nitrogens with one attached hydrogen (secondary N) is 1. The molecular weight excluding hydrogens is 276 g/mol. The van der Waals surface area contributed by atoms with Gasteiger partial charge in [-0.15, -0.1) is 0 Å². The first-order chi connectivity index (χ1) is 7.58. The van der Waals surface area contributed by atoms with Crippen molar-refractivity contribution in [1.82, 2.24) is 0 Å². The van der Waals surface area contributed by atoms with Gasteiger partial charge in [0.2, 0.25) is 0 Å². The van der Waals surface area contributed by atoms with Crippen molar-refractivity contribution in [2.24, 2.45) is 0 Å². The Labute approximate surface area is 103 Å². The molecule has 16 heavy (non-hydrogen) atoms. The maximum absolute atomic E-state index is 13.5. The molecular formula is C12H16BrF2N. The van der Waals surface area contributed by atoms with Gasteiger partial charge in [-0.25, -0.2) is 8.78 Å². The van der Waals surface area contributed by atoms with E-state index in [9.17, 15) is 8.78 Å². The van der Waals surface area contributed by atoms with Crippen LogP contribution in [-0.2, 0) is 0 Å². The molecule has 1 aromatic rings. The Morgan fingerprint density at radius 2 is 1.81 bits per heavy atom. The zero-order chi connectivity index (χ0) is 12.1. The summed E-state index contributed by atoms with van der Waals surface area (Å²) in [6, 6.07) is 2.66. The molecule has 1 rings (SSSR count). The first-order valence-electron chi connectivity index (χ1n) is 5.49. The van der Waals surface area contributed by atoms with E-state index in [0.717, 1.165) is 19.3 Å². The molecule has 0 fully saturated rings. The highest BCUT2D eigenvalue weighted by molar-refractivity contribution is 9.10. The Morgan fingerprint density at radius 3 is 2.25 bits per heavy atom. The van der Waals surface area contributed by atoms with Gasteiger partial charge in [0, 0.05) is 10.5 Å². The van der Waals surface area contributed by atoms with Crippen molar-refractivity contribution in [3.63, 3.8) is 0 Å². The maximum atomic E-state index is 13.5. The van der Waals surface area contributed by atoms with Crippen LogP contribution >= 0.6 is 15.9 Å². The lowest BCUT2D eigenvalue weighted by Crippen LogP contribution is -2.19. The SMILES string of the molecule is CCCC(CC)Nc1c(F)cc(Br)cc1F. The molecule has 0 heterocycles. The highest BCUT2D eigenvalue weighted by Gasteiger charge is 2.13. The van der Waals surface area contributed by atoms with Crippen LogP contribution in [0.25, 0.3) is 0 Å². The Balaban J connectivity index is 2.87. The molecule has 0 amide bonds. The Bertz CT molecular complexity index is 332. The van der Waals surface area contributed by atoms with Crippen molar-refractivity contribution in [3.8, 4) is 0 Å². The minimum Gasteiger partial charge on any atom is -0.378 e. The summed E-state index contributed by atoms with van der Waals surface area (Å²) in [5, 5.41) is 2.92. The molecule has 4 heteroatoms. The third-order valence-corrected chi connectivity index (χ3v) is 2.94. The fourth-order valence-corrected chi connectivity index (χ4v) is 2.01. The first-order valence-corrected chi connectivity index (χ1v) is 6.28. The quantitative estimate of drug-likeness (QED) is 0.828. The van der Waals surface area contributed by atoms with Crippen LogP contribution in [0.2, 0.25) is 0 Å². The normalized spacial score (nSPS) is 12.6. The van der Waals surface area contributed by atoms with E-state index in [1.165, 1.54) is 12.1 Å². The van der Waals surface area contributed by atoms with Crippen LogP contribution in [0, 0.1) is 11.6 Å². The molecule has 1 atom stereocenters. The van der Waals surface area contributed by atoms with Crippen molar-refractivity contribution in [1.29, 1.82) is 0 Å². The molecule has 0 aliphatic heterocycles. The van der Waals surface area contributed by atoms with E-state index in [1.54, 1.807) is 0 Å². The predicted molar refractivity (Wildman–Crippen MR) is 66.7 cm³/mol. The molecule has 1 nitrogen and oxygen atoms in total. The van der Waals surface area contributed by atoms with E-state index in [2.05, 4.69) is 28.2 Å². The molecule has 1 aromatic carbocycles. The number of rotatable bonds is 5. The van der Waals surface area contributed by atoms with E-state index in [1.807, 2.05) is 6.92 Å². The van der Waals surface area contributed by atoms with Gasteiger partial charge in [0.15, 0.2) is 0 Å². The number of halogens is 3.